The predicted molar refractivity (Wildman–Crippen MR) is 76.8 cm³/mol. The number of fused-ring (bicyclic) bond motifs is 1. The van der Waals surface area contributed by atoms with Crippen LogP contribution in [0.4, 0.5) is 0 Å². The molecule has 0 N–H and O–H groups in total. The Balaban J connectivity index is 2.23. The molecular weight excluding hydrogens is 324 g/mol. The molecule has 0 unspecified atom stereocenters. The molecule has 0 spiro atoms. The molecule has 3 rings (SSSR count). The number of ether oxygens (including phenoxy) is 1. The van der Waals surface area contributed by atoms with Crippen molar-refractivity contribution in [3.63, 3.8) is 0 Å². The molecule has 20 heavy (non-hydrogen) atoms. The summed E-state index contributed by atoms with van der Waals surface area (Å²) in [6, 6.07) is 5.47. The van der Waals surface area contributed by atoms with Gasteiger partial charge in [-0.1, -0.05) is 15.9 Å². The Hall–Kier alpha value is -2.28. The number of rotatable bonds is 2. The second-order valence-corrected chi connectivity index (χ2v) is 4.98. The van der Waals surface area contributed by atoms with Crippen LogP contribution in [0.3, 0.4) is 0 Å². The number of halogens is 1. The van der Waals surface area contributed by atoms with Crippen LogP contribution < -0.4 is 10.3 Å². The largest absolute Gasteiger partial charge is 0.422 e. The summed E-state index contributed by atoms with van der Waals surface area (Å²) in [7, 11) is 1.67. The molecule has 3 aromatic rings. The van der Waals surface area contributed by atoms with Crippen LogP contribution in [0.1, 0.15) is 0 Å². The van der Waals surface area contributed by atoms with Gasteiger partial charge in [-0.3, -0.25) is 4.79 Å². The summed E-state index contributed by atoms with van der Waals surface area (Å²) < 4.78 is 7.93. The van der Waals surface area contributed by atoms with Gasteiger partial charge in [-0.25, -0.2) is 15.0 Å². The van der Waals surface area contributed by atoms with Crippen molar-refractivity contribution < 1.29 is 4.74 Å². The molecule has 0 saturated carbocycles. The zero-order valence-electron chi connectivity index (χ0n) is 10.4. The van der Waals surface area contributed by atoms with Crippen LogP contribution in [-0.4, -0.2) is 19.5 Å². The van der Waals surface area contributed by atoms with Gasteiger partial charge in [0.15, 0.2) is 5.75 Å². The van der Waals surface area contributed by atoms with E-state index in [1.807, 2.05) is 6.07 Å². The Labute approximate surface area is 122 Å². The number of aryl methyl sites for hydroxylation is 1. The Bertz CT molecular complexity index is 833. The van der Waals surface area contributed by atoms with Crippen molar-refractivity contribution in [2.24, 2.45) is 7.05 Å². The fourth-order valence-electron chi connectivity index (χ4n) is 1.83. The van der Waals surface area contributed by atoms with E-state index in [9.17, 15) is 4.79 Å². The smallest absolute Gasteiger partial charge is 0.321 e. The first-order valence-electron chi connectivity index (χ1n) is 5.75. The molecule has 7 heteroatoms. The lowest BCUT2D eigenvalue weighted by molar-refractivity contribution is 0.444. The number of hydrogen-bond acceptors (Lipinski definition) is 5. The lowest BCUT2D eigenvalue weighted by atomic mass is 10.2. The molecule has 0 radical (unpaired) electrons. The van der Waals surface area contributed by atoms with Crippen molar-refractivity contribution in [3.8, 4) is 11.8 Å². The first-order valence-corrected chi connectivity index (χ1v) is 6.54. The van der Waals surface area contributed by atoms with Gasteiger partial charge in [0.05, 0.1) is 11.7 Å². The van der Waals surface area contributed by atoms with E-state index in [4.69, 9.17) is 4.74 Å². The van der Waals surface area contributed by atoms with Crippen molar-refractivity contribution in [1.82, 2.24) is 19.5 Å². The van der Waals surface area contributed by atoms with Gasteiger partial charge in [-0.2, -0.15) is 0 Å². The summed E-state index contributed by atoms with van der Waals surface area (Å²) in [4.78, 5) is 23.9. The average molecular weight is 333 g/mol. The van der Waals surface area contributed by atoms with E-state index in [0.717, 1.165) is 4.47 Å². The Morgan fingerprint density at radius 2 is 1.95 bits per heavy atom. The minimum absolute atomic E-state index is 0.210. The fraction of sp³-hybridized carbons (Fsp3) is 0.0769. The third-order valence-electron chi connectivity index (χ3n) is 2.74. The van der Waals surface area contributed by atoms with Gasteiger partial charge in [0.25, 0.3) is 5.56 Å². The molecule has 1 aromatic carbocycles. The van der Waals surface area contributed by atoms with Crippen molar-refractivity contribution >= 4 is 27.0 Å². The highest BCUT2D eigenvalue weighted by Crippen LogP contribution is 2.30. The lowest BCUT2D eigenvalue weighted by Gasteiger charge is -2.10. The molecule has 0 amide bonds. The molecule has 0 atom stereocenters. The maximum absolute atomic E-state index is 11.7. The summed E-state index contributed by atoms with van der Waals surface area (Å²) >= 11 is 3.39. The number of hydrogen-bond donors (Lipinski definition) is 0. The van der Waals surface area contributed by atoms with Crippen LogP contribution in [0.5, 0.6) is 11.8 Å². The highest BCUT2D eigenvalue weighted by Gasteiger charge is 2.11. The molecule has 0 aliphatic rings. The van der Waals surface area contributed by atoms with Crippen molar-refractivity contribution in [3.05, 3.63) is 51.6 Å². The van der Waals surface area contributed by atoms with Gasteiger partial charge in [0.2, 0.25) is 0 Å². The Morgan fingerprint density at radius 3 is 2.70 bits per heavy atom. The average Bonchev–Trinajstić information content (AvgIpc) is 2.44. The standard InChI is InChI=1S/C13H9BrN4O2/c1-18-11(19)7-17-9-5-8(14)6-10(12(9)18)20-13-15-3-2-4-16-13/h2-7H,1H3. The van der Waals surface area contributed by atoms with Crippen LogP contribution in [0.25, 0.3) is 11.0 Å². The quantitative estimate of drug-likeness (QED) is 0.720. The highest BCUT2D eigenvalue weighted by molar-refractivity contribution is 9.10. The van der Waals surface area contributed by atoms with Crippen LogP contribution >= 0.6 is 15.9 Å². The SMILES string of the molecule is Cn1c(=O)cnc2cc(Br)cc(Oc3ncccn3)c21. The van der Waals surface area contributed by atoms with Crippen molar-refractivity contribution in [2.75, 3.05) is 0 Å². The lowest BCUT2D eigenvalue weighted by Crippen LogP contribution is -2.17. The van der Waals surface area contributed by atoms with E-state index < -0.39 is 0 Å². The van der Waals surface area contributed by atoms with E-state index in [-0.39, 0.29) is 11.6 Å². The summed E-state index contributed by atoms with van der Waals surface area (Å²) in [5.74, 6) is 0.466. The maximum atomic E-state index is 11.7. The molecule has 0 fully saturated rings. The third kappa shape index (κ3) is 2.27. The third-order valence-corrected chi connectivity index (χ3v) is 3.20. The Morgan fingerprint density at radius 1 is 1.20 bits per heavy atom. The zero-order chi connectivity index (χ0) is 14.1. The highest BCUT2D eigenvalue weighted by atomic mass is 79.9. The predicted octanol–water partition coefficient (Wildman–Crippen LogP) is 2.28. The second kappa shape index (κ2) is 5.01. The van der Waals surface area contributed by atoms with Gasteiger partial charge in [-0.05, 0) is 18.2 Å². The number of benzene rings is 1. The van der Waals surface area contributed by atoms with Crippen molar-refractivity contribution in [1.29, 1.82) is 0 Å². The van der Waals surface area contributed by atoms with E-state index in [1.165, 1.54) is 10.8 Å². The summed E-state index contributed by atoms with van der Waals surface area (Å²) in [5.41, 5.74) is 1.03. The van der Waals surface area contributed by atoms with Crippen LogP contribution in [0.2, 0.25) is 0 Å². The van der Waals surface area contributed by atoms with Gasteiger partial charge in [0.1, 0.15) is 5.52 Å². The molecule has 0 bridgehead atoms. The second-order valence-electron chi connectivity index (χ2n) is 4.06. The summed E-state index contributed by atoms with van der Waals surface area (Å²) in [6.45, 7) is 0. The van der Waals surface area contributed by atoms with Crippen LogP contribution in [-0.2, 0) is 7.05 Å². The van der Waals surface area contributed by atoms with Crippen LogP contribution in [0, 0.1) is 0 Å². The van der Waals surface area contributed by atoms with E-state index in [2.05, 4.69) is 30.9 Å². The fourth-order valence-corrected chi connectivity index (χ4v) is 2.26. The van der Waals surface area contributed by atoms with Gasteiger partial charge >= 0.3 is 6.01 Å². The molecule has 0 aliphatic carbocycles. The first kappa shape index (κ1) is 12.7. The molecule has 0 saturated heterocycles. The maximum Gasteiger partial charge on any atom is 0.321 e. The molecule has 2 aromatic heterocycles. The molecule has 100 valence electrons. The normalized spacial score (nSPS) is 10.7. The van der Waals surface area contributed by atoms with E-state index >= 15 is 0 Å². The molecular formula is C13H9BrN4O2. The summed E-state index contributed by atoms with van der Waals surface area (Å²) in [5, 5.41) is 0. The van der Waals surface area contributed by atoms with E-state index in [0.29, 0.717) is 16.8 Å². The monoisotopic (exact) mass is 332 g/mol. The number of nitrogens with zero attached hydrogens (tertiary/aromatic N) is 4. The topological polar surface area (TPSA) is 69.9 Å². The first-order chi connectivity index (χ1) is 9.65. The van der Waals surface area contributed by atoms with Gasteiger partial charge in [0, 0.05) is 23.9 Å². The van der Waals surface area contributed by atoms with Gasteiger partial charge in [-0.15, -0.1) is 0 Å². The molecule has 2 heterocycles. The minimum Gasteiger partial charge on any atom is -0.422 e. The summed E-state index contributed by atoms with van der Waals surface area (Å²) in [6.07, 6.45) is 4.44. The minimum atomic E-state index is -0.210. The van der Waals surface area contributed by atoms with Crippen LogP contribution in [0.15, 0.2) is 46.1 Å². The zero-order valence-corrected chi connectivity index (χ0v) is 12.0. The number of aromatic nitrogens is 4. The van der Waals surface area contributed by atoms with Gasteiger partial charge < -0.3 is 9.30 Å². The van der Waals surface area contributed by atoms with E-state index in [1.54, 1.807) is 31.6 Å². The Kier molecular flexibility index (Phi) is 3.19. The molecule has 0 aliphatic heterocycles. The molecule has 6 nitrogen and oxygen atoms in total. The van der Waals surface area contributed by atoms with Crippen molar-refractivity contribution in [2.45, 2.75) is 0 Å².